The van der Waals surface area contributed by atoms with Gasteiger partial charge in [-0.25, -0.2) is 0 Å². The number of ether oxygens (including phenoxy) is 2. The van der Waals surface area contributed by atoms with Crippen LogP contribution in [0.5, 0.6) is 0 Å². The van der Waals surface area contributed by atoms with E-state index < -0.39 is 59.2 Å². The molecule has 6 N–H and O–H groups in total. The Labute approximate surface area is 411 Å². The second-order valence-electron chi connectivity index (χ2n) is 19.9. The number of nitrogens with one attached hydrogen (secondary N) is 6. The third-order valence-electron chi connectivity index (χ3n) is 13.8. The molecule has 2 aromatic carbocycles. The molecular formula is C50H74N8O8S2. The summed E-state index contributed by atoms with van der Waals surface area (Å²) in [5, 5.41) is 17.8. The fraction of sp³-hybridized carbons (Fsp3) is 0.640. The molecule has 0 bridgehead atoms. The molecule has 0 aliphatic carbocycles. The molecular weight excluding hydrogens is 905 g/mol. The van der Waals surface area contributed by atoms with Gasteiger partial charge in [-0.05, 0) is 99.9 Å². The number of likely N-dealkylation sites (N-methyl/N-ethyl adjacent to an activating group) is 2. The van der Waals surface area contributed by atoms with Crippen molar-refractivity contribution in [1.82, 2.24) is 41.7 Å². The summed E-state index contributed by atoms with van der Waals surface area (Å²) in [6.07, 6.45) is 3.66. The first-order valence-corrected chi connectivity index (χ1v) is 26.3. The van der Waals surface area contributed by atoms with Crippen LogP contribution in [0.3, 0.4) is 0 Å². The summed E-state index contributed by atoms with van der Waals surface area (Å²) in [5.74, 6) is -0.106. The molecule has 6 amide bonds. The number of unbranched alkanes of at least 4 members (excludes halogenated alkanes) is 1. The fourth-order valence-corrected chi connectivity index (χ4v) is 12.8. The van der Waals surface area contributed by atoms with Gasteiger partial charge in [0.15, 0.2) is 0 Å². The van der Waals surface area contributed by atoms with Gasteiger partial charge < -0.3 is 51.2 Å². The van der Waals surface area contributed by atoms with Gasteiger partial charge in [-0.2, -0.15) is 0 Å². The Morgan fingerprint density at radius 2 is 1.00 bits per heavy atom. The van der Waals surface area contributed by atoms with Crippen LogP contribution in [-0.2, 0) is 38.2 Å². The van der Waals surface area contributed by atoms with Gasteiger partial charge in [-0.15, -0.1) is 23.5 Å². The Kier molecular flexibility index (Phi) is 18.8. The molecule has 0 saturated carbocycles. The standard InChI is InChI=1S/C50H74N8O8S2/c1-31(51-7)43(59)53-35-21-25-67-39-27-49(3,4)41(57(39)47(35)63)45(61)55-37(33-17-11-9-12-18-33)29-65-23-15-16-24-66-30-38(34-19-13-10-14-20-34)56-46(62)42-50(5,6)28-40-58(42)48(64)36(22-26-68-40)54-44(60)32(2)52-8/h9-14,17-20,31-32,35-42,51-52H,15-16,21-30H2,1-8H3,(H,53,59)(H,54,60)(H,55,61)(H,56,62)/t31-,32-,35-,36-,37+,38+,39-,40-,41+,42+/m0/s1. The topological polar surface area (TPSA) is 200 Å². The first-order chi connectivity index (χ1) is 32.5. The SMILES string of the molecule is CN[C@@H](C)C(=O)N[C@H]1CCS[C@H]2CC(C)(C)[C@@H](C(=O)N[C@H](COCCCCOC[C@@H](NC(=O)[C@H]3N4C(=O)[C@@H](NC(=O)[C@H](C)NC)CCS[C@H]4CC3(C)C)c3ccccc3)c3ccccc3)N2C1=O. The number of fused-ring (bicyclic) bond motifs is 2. The normalized spacial score (nSPS) is 26.0. The largest absolute Gasteiger partial charge is 0.379 e. The highest BCUT2D eigenvalue weighted by Crippen LogP contribution is 2.48. The molecule has 4 fully saturated rings. The van der Waals surface area contributed by atoms with E-state index in [1.54, 1.807) is 61.3 Å². The highest BCUT2D eigenvalue weighted by molar-refractivity contribution is 8.00. The molecule has 18 heteroatoms. The van der Waals surface area contributed by atoms with E-state index in [4.69, 9.17) is 9.47 Å². The van der Waals surface area contributed by atoms with E-state index in [0.717, 1.165) is 11.1 Å². The number of thioether (sulfide) groups is 2. The van der Waals surface area contributed by atoms with Crippen LogP contribution in [-0.4, -0.2) is 144 Å². The molecule has 4 aliphatic heterocycles. The molecule has 10 atom stereocenters. The Balaban J connectivity index is 1.03. The molecule has 374 valence electrons. The molecule has 0 spiro atoms. The maximum absolute atomic E-state index is 14.4. The number of benzene rings is 2. The Morgan fingerprint density at radius 3 is 1.35 bits per heavy atom. The minimum Gasteiger partial charge on any atom is -0.379 e. The van der Waals surface area contributed by atoms with Crippen molar-refractivity contribution >= 4 is 59.0 Å². The first kappa shape index (κ1) is 53.2. The van der Waals surface area contributed by atoms with Crippen molar-refractivity contribution in [2.75, 3.05) is 52.0 Å². The number of nitrogens with zero attached hydrogens (tertiary/aromatic N) is 2. The van der Waals surface area contributed by atoms with E-state index in [-0.39, 0.29) is 59.4 Å². The predicted molar refractivity (Wildman–Crippen MR) is 266 cm³/mol. The van der Waals surface area contributed by atoms with Crippen LogP contribution < -0.4 is 31.9 Å². The van der Waals surface area contributed by atoms with Crippen molar-refractivity contribution in [3.8, 4) is 0 Å². The number of rotatable bonds is 21. The van der Waals surface area contributed by atoms with Gasteiger partial charge in [-0.1, -0.05) is 88.4 Å². The lowest BCUT2D eigenvalue weighted by Crippen LogP contribution is -2.58. The lowest BCUT2D eigenvalue weighted by Gasteiger charge is -2.35. The van der Waals surface area contributed by atoms with Crippen LogP contribution in [0.4, 0.5) is 0 Å². The highest BCUT2D eigenvalue weighted by Gasteiger charge is 2.56. The maximum Gasteiger partial charge on any atom is 0.246 e. The van der Waals surface area contributed by atoms with Gasteiger partial charge in [0.2, 0.25) is 35.4 Å². The molecule has 0 aromatic heterocycles. The number of hydrogen-bond donors (Lipinski definition) is 6. The van der Waals surface area contributed by atoms with Gasteiger partial charge in [0.1, 0.15) is 24.2 Å². The van der Waals surface area contributed by atoms with Crippen molar-refractivity contribution in [1.29, 1.82) is 0 Å². The van der Waals surface area contributed by atoms with Crippen LogP contribution in [0.25, 0.3) is 0 Å². The summed E-state index contributed by atoms with van der Waals surface area (Å²) in [6.45, 7) is 12.9. The number of amides is 6. The van der Waals surface area contributed by atoms with E-state index in [0.29, 0.717) is 63.2 Å². The van der Waals surface area contributed by atoms with Crippen LogP contribution in [0.2, 0.25) is 0 Å². The van der Waals surface area contributed by atoms with E-state index in [9.17, 15) is 28.8 Å². The zero-order valence-corrected chi connectivity index (χ0v) is 42.6. The third kappa shape index (κ3) is 13.0. The van der Waals surface area contributed by atoms with E-state index >= 15 is 0 Å². The molecule has 4 heterocycles. The summed E-state index contributed by atoms with van der Waals surface area (Å²) >= 11 is 3.32. The van der Waals surface area contributed by atoms with Crippen molar-refractivity contribution in [2.45, 2.75) is 139 Å². The second kappa shape index (κ2) is 24.1. The zero-order valence-electron chi connectivity index (χ0n) is 41.0. The predicted octanol–water partition coefficient (Wildman–Crippen LogP) is 3.88. The molecule has 6 rings (SSSR count). The summed E-state index contributed by atoms with van der Waals surface area (Å²) in [5.41, 5.74) is 0.744. The minimum absolute atomic E-state index is 0.178. The van der Waals surface area contributed by atoms with Crippen molar-refractivity contribution < 1.29 is 38.2 Å². The number of hydrogen-bond acceptors (Lipinski definition) is 12. The second-order valence-corrected chi connectivity index (χ2v) is 22.4. The fourth-order valence-electron chi connectivity index (χ4n) is 9.68. The van der Waals surface area contributed by atoms with Gasteiger partial charge in [0.25, 0.3) is 0 Å². The monoisotopic (exact) mass is 979 g/mol. The summed E-state index contributed by atoms with van der Waals surface area (Å²) in [6, 6.07) is 14.6. The molecule has 2 aromatic rings. The molecule has 16 nitrogen and oxygen atoms in total. The smallest absolute Gasteiger partial charge is 0.246 e. The summed E-state index contributed by atoms with van der Waals surface area (Å²) in [7, 11) is 3.40. The van der Waals surface area contributed by atoms with Crippen molar-refractivity contribution in [2.24, 2.45) is 10.8 Å². The first-order valence-electron chi connectivity index (χ1n) is 24.2. The average Bonchev–Trinajstić information content (AvgIpc) is 3.64. The van der Waals surface area contributed by atoms with Crippen LogP contribution in [0, 0.1) is 10.8 Å². The van der Waals surface area contributed by atoms with Gasteiger partial charge >= 0.3 is 0 Å². The van der Waals surface area contributed by atoms with Gasteiger partial charge in [0.05, 0.1) is 48.1 Å². The Bertz CT molecular complexity index is 1910. The maximum atomic E-state index is 14.4. The molecule has 0 unspecified atom stereocenters. The van der Waals surface area contributed by atoms with E-state index in [1.807, 2.05) is 88.4 Å². The van der Waals surface area contributed by atoms with Crippen LogP contribution in [0.15, 0.2) is 60.7 Å². The molecule has 68 heavy (non-hydrogen) atoms. The number of carbonyl (C=O) groups excluding carboxylic acids is 6. The van der Waals surface area contributed by atoms with Crippen LogP contribution in [0.1, 0.15) is 103 Å². The molecule has 4 aliphatic rings. The highest BCUT2D eigenvalue weighted by atomic mass is 32.2. The molecule has 0 radical (unpaired) electrons. The average molecular weight is 979 g/mol. The minimum atomic E-state index is -0.740. The summed E-state index contributed by atoms with van der Waals surface area (Å²) in [4.78, 5) is 86.1. The van der Waals surface area contributed by atoms with Crippen molar-refractivity contribution in [3.63, 3.8) is 0 Å². The van der Waals surface area contributed by atoms with E-state index in [1.165, 1.54) is 0 Å². The summed E-state index contributed by atoms with van der Waals surface area (Å²) < 4.78 is 12.4. The lowest BCUT2D eigenvalue weighted by molar-refractivity contribution is -0.144. The Hall–Kier alpha value is -4.20. The van der Waals surface area contributed by atoms with E-state index in [2.05, 4.69) is 31.9 Å². The quantitative estimate of drug-likeness (QED) is 0.0990. The molecule has 4 saturated heterocycles. The van der Waals surface area contributed by atoms with Gasteiger partial charge in [0, 0.05) is 13.2 Å². The van der Waals surface area contributed by atoms with Crippen LogP contribution >= 0.6 is 23.5 Å². The third-order valence-corrected chi connectivity index (χ3v) is 16.3. The Morgan fingerprint density at radius 1 is 0.632 bits per heavy atom. The van der Waals surface area contributed by atoms with Gasteiger partial charge in [-0.3, -0.25) is 28.8 Å². The number of carbonyl (C=O) groups is 6. The van der Waals surface area contributed by atoms with Crippen molar-refractivity contribution in [3.05, 3.63) is 71.8 Å². The zero-order chi connectivity index (χ0) is 49.2. The lowest BCUT2D eigenvalue weighted by atomic mass is 9.83.